The van der Waals surface area contributed by atoms with Crippen molar-refractivity contribution < 1.29 is 4.74 Å². The fraction of sp³-hybridized carbons (Fsp3) is 0.619. The predicted octanol–water partition coefficient (Wildman–Crippen LogP) is 2.97. The van der Waals surface area contributed by atoms with Gasteiger partial charge in [0.2, 0.25) is 0 Å². The summed E-state index contributed by atoms with van der Waals surface area (Å²) in [5, 5.41) is 8.01. The molecule has 0 amide bonds. The third kappa shape index (κ3) is 4.33. The van der Waals surface area contributed by atoms with Crippen LogP contribution in [0.25, 0.3) is 10.9 Å². The zero-order valence-corrected chi connectivity index (χ0v) is 16.1. The first-order chi connectivity index (χ1) is 13.2. The molecule has 4 rings (SSSR count). The average Bonchev–Trinajstić information content (AvgIpc) is 2.69. The number of aryl methyl sites for hydroxylation is 1. The zero-order chi connectivity index (χ0) is 18.6. The first-order valence-corrected chi connectivity index (χ1v) is 10.3. The molecule has 2 aromatic rings. The van der Waals surface area contributed by atoms with Gasteiger partial charge in [0, 0.05) is 30.3 Å². The zero-order valence-electron chi connectivity index (χ0n) is 16.1. The van der Waals surface area contributed by atoms with Gasteiger partial charge in [-0.2, -0.15) is 0 Å². The summed E-state index contributed by atoms with van der Waals surface area (Å²) in [5.41, 5.74) is 1.43. The van der Waals surface area contributed by atoms with Crippen LogP contribution in [0.2, 0.25) is 0 Å². The van der Waals surface area contributed by atoms with Crippen LogP contribution in [0.15, 0.2) is 23.1 Å². The highest BCUT2D eigenvalue weighted by atomic mass is 16.5. The van der Waals surface area contributed by atoms with E-state index in [-0.39, 0.29) is 17.7 Å². The molecule has 27 heavy (non-hydrogen) atoms. The lowest BCUT2D eigenvalue weighted by Crippen LogP contribution is -2.49. The molecule has 0 unspecified atom stereocenters. The number of rotatable bonds is 5. The molecule has 1 saturated carbocycles. The molecule has 0 spiro atoms. The van der Waals surface area contributed by atoms with Crippen LogP contribution in [0.3, 0.4) is 0 Å². The van der Waals surface area contributed by atoms with E-state index < -0.39 is 0 Å². The van der Waals surface area contributed by atoms with Gasteiger partial charge in [0.05, 0.1) is 17.7 Å². The van der Waals surface area contributed by atoms with Gasteiger partial charge in [0.1, 0.15) is 0 Å². The number of aromatic nitrogens is 2. The second-order valence-corrected chi connectivity index (χ2v) is 8.02. The van der Waals surface area contributed by atoms with Crippen molar-refractivity contribution in [2.75, 3.05) is 25.0 Å². The Morgan fingerprint density at radius 1 is 1.26 bits per heavy atom. The Morgan fingerprint density at radius 3 is 2.96 bits per heavy atom. The molecule has 3 heterocycles. The van der Waals surface area contributed by atoms with Crippen LogP contribution < -0.4 is 16.2 Å². The van der Waals surface area contributed by atoms with E-state index in [9.17, 15) is 4.79 Å². The van der Waals surface area contributed by atoms with E-state index in [4.69, 9.17) is 4.74 Å². The number of hydrogen-bond acceptors (Lipinski definition) is 5. The van der Waals surface area contributed by atoms with Gasteiger partial charge in [-0.3, -0.25) is 4.79 Å². The lowest BCUT2D eigenvalue weighted by Gasteiger charge is -2.34. The number of fused-ring (bicyclic) bond motifs is 1. The standard InChI is InChI=1S/C21H30N4O2/c1-14-11-16-7-10-23-20(19(16)25-21(14)26)24-17-8-9-22-12-18(17)27-13-15-5-3-2-4-6-15/h7,10-11,15,17-18,22H,2-6,8-9,12-13H2,1H3,(H,23,24)(H,25,26)/t17-,18-/m0/s1. The molecule has 3 N–H and O–H groups in total. The van der Waals surface area contributed by atoms with Gasteiger partial charge in [-0.15, -0.1) is 0 Å². The summed E-state index contributed by atoms with van der Waals surface area (Å²) in [5.74, 6) is 1.44. The first kappa shape index (κ1) is 18.4. The Kier molecular flexibility index (Phi) is 5.74. The van der Waals surface area contributed by atoms with Gasteiger partial charge in [0.15, 0.2) is 5.82 Å². The maximum atomic E-state index is 12.1. The van der Waals surface area contributed by atoms with E-state index in [1.54, 1.807) is 6.20 Å². The van der Waals surface area contributed by atoms with Gasteiger partial charge >= 0.3 is 0 Å². The van der Waals surface area contributed by atoms with Crippen molar-refractivity contribution in [1.29, 1.82) is 0 Å². The summed E-state index contributed by atoms with van der Waals surface area (Å²) in [6.07, 6.45) is 9.53. The summed E-state index contributed by atoms with van der Waals surface area (Å²) in [7, 11) is 0. The summed E-state index contributed by atoms with van der Waals surface area (Å²) in [6.45, 7) is 4.49. The molecule has 0 bridgehead atoms. The fourth-order valence-corrected chi connectivity index (χ4v) is 4.31. The number of hydrogen-bond donors (Lipinski definition) is 3. The minimum atomic E-state index is -0.0611. The summed E-state index contributed by atoms with van der Waals surface area (Å²) in [4.78, 5) is 19.6. The molecule has 0 aromatic carbocycles. The third-order valence-corrected chi connectivity index (χ3v) is 5.97. The number of aromatic amines is 1. The SMILES string of the molecule is Cc1cc2ccnc(N[C@H]3CCNC[C@@H]3OCC3CCCCC3)c2[nH]c1=O. The lowest BCUT2D eigenvalue weighted by molar-refractivity contribution is 0.00174. The van der Waals surface area contributed by atoms with Gasteiger partial charge in [0.25, 0.3) is 5.56 Å². The second kappa shape index (κ2) is 8.40. The number of anilines is 1. The van der Waals surface area contributed by atoms with Gasteiger partial charge in [-0.05, 0) is 50.8 Å². The molecule has 1 aliphatic heterocycles. The maximum Gasteiger partial charge on any atom is 0.251 e. The Labute approximate surface area is 160 Å². The van der Waals surface area contributed by atoms with Crippen molar-refractivity contribution in [2.24, 2.45) is 5.92 Å². The van der Waals surface area contributed by atoms with Crippen molar-refractivity contribution >= 4 is 16.7 Å². The molecule has 2 fully saturated rings. The number of piperidine rings is 1. The van der Waals surface area contributed by atoms with E-state index >= 15 is 0 Å². The van der Waals surface area contributed by atoms with Crippen LogP contribution >= 0.6 is 0 Å². The molecule has 0 radical (unpaired) electrons. The quantitative estimate of drug-likeness (QED) is 0.754. The molecule has 6 nitrogen and oxygen atoms in total. The minimum absolute atomic E-state index is 0.0611. The normalized spacial score (nSPS) is 24.2. The Balaban J connectivity index is 1.48. The number of ether oxygens (including phenoxy) is 1. The van der Waals surface area contributed by atoms with Crippen LogP contribution in [-0.4, -0.2) is 41.8 Å². The Bertz CT molecular complexity index is 829. The number of pyridine rings is 2. The van der Waals surface area contributed by atoms with Crippen LogP contribution in [-0.2, 0) is 4.74 Å². The molecule has 1 saturated heterocycles. The van der Waals surface area contributed by atoms with Crippen molar-refractivity contribution in [2.45, 2.75) is 57.6 Å². The summed E-state index contributed by atoms with van der Waals surface area (Å²) < 4.78 is 6.34. The fourth-order valence-electron chi connectivity index (χ4n) is 4.31. The third-order valence-electron chi connectivity index (χ3n) is 5.97. The molecule has 2 aliphatic rings. The van der Waals surface area contributed by atoms with Gasteiger partial charge < -0.3 is 20.4 Å². The van der Waals surface area contributed by atoms with E-state index in [1.807, 2.05) is 19.1 Å². The van der Waals surface area contributed by atoms with Crippen LogP contribution in [0.4, 0.5) is 5.82 Å². The highest BCUT2D eigenvalue weighted by Crippen LogP contribution is 2.26. The Hall–Kier alpha value is -1.92. The molecule has 1 aliphatic carbocycles. The topological polar surface area (TPSA) is 79.0 Å². The lowest BCUT2D eigenvalue weighted by atomic mass is 9.90. The monoisotopic (exact) mass is 370 g/mol. The van der Waals surface area contributed by atoms with Crippen molar-refractivity contribution in [1.82, 2.24) is 15.3 Å². The molecule has 2 atom stereocenters. The average molecular weight is 370 g/mol. The summed E-state index contributed by atoms with van der Waals surface area (Å²) in [6, 6.07) is 4.04. The highest BCUT2D eigenvalue weighted by Gasteiger charge is 2.27. The number of nitrogens with one attached hydrogen (secondary N) is 3. The number of H-pyrrole nitrogens is 1. The second-order valence-electron chi connectivity index (χ2n) is 8.02. The predicted molar refractivity (Wildman–Crippen MR) is 108 cm³/mol. The van der Waals surface area contributed by atoms with Crippen LogP contribution in [0.1, 0.15) is 44.1 Å². The first-order valence-electron chi connectivity index (χ1n) is 10.3. The molecular weight excluding hydrogens is 340 g/mol. The van der Waals surface area contributed by atoms with Gasteiger partial charge in [-0.1, -0.05) is 19.3 Å². The summed E-state index contributed by atoms with van der Waals surface area (Å²) >= 11 is 0. The highest BCUT2D eigenvalue weighted by molar-refractivity contribution is 5.88. The molecule has 2 aromatic heterocycles. The minimum Gasteiger partial charge on any atom is -0.374 e. The largest absolute Gasteiger partial charge is 0.374 e. The smallest absolute Gasteiger partial charge is 0.251 e. The van der Waals surface area contributed by atoms with E-state index in [1.165, 1.54) is 32.1 Å². The molecule has 6 heteroatoms. The van der Waals surface area contributed by atoms with E-state index in [2.05, 4.69) is 20.6 Å². The van der Waals surface area contributed by atoms with E-state index in [0.29, 0.717) is 5.92 Å². The number of nitrogens with zero attached hydrogens (tertiary/aromatic N) is 1. The van der Waals surface area contributed by atoms with Crippen molar-refractivity contribution in [3.05, 3.63) is 34.2 Å². The maximum absolute atomic E-state index is 12.1. The molecular formula is C21H30N4O2. The van der Waals surface area contributed by atoms with Crippen LogP contribution in [0, 0.1) is 12.8 Å². The Morgan fingerprint density at radius 2 is 2.11 bits per heavy atom. The van der Waals surface area contributed by atoms with Gasteiger partial charge in [-0.25, -0.2) is 4.98 Å². The van der Waals surface area contributed by atoms with E-state index in [0.717, 1.165) is 48.4 Å². The van der Waals surface area contributed by atoms with Crippen molar-refractivity contribution in [3.63, 3.8) is 0 Å². The molecule has 146 valence electrons. The van der Waals surface area contributed by atoms with Crippen molar-refractivity contribution in [3.8, 4) is 0 Å². The van der Waals surface area contributed by atoms with Crippen LogP contribution in [0.5, 0.6) is 0 Å².